The van der Waals surface area contributed by atoms with Crippen LogP contribution in [0, 0.1) is 0 Å². The Morgan fingerprint density at radius 3 is 2.52 bits per heavy atom. The van der Waals surface area contributed by atoms with Crippen LogP contribution in [0.2, 0.25) is 0 Å². The summed E-state index contributed by atoms with van der Waals surface area (Å²) >= 11 is 0. The summed E-state index contributed by atoms with van der Waals surface area (Å²) in [7, 11) is 0. The molecule has 2 atom stereocenters. The van der Waals surface area contributed by atoms with E-state index in [1.54, 1.807) is 0 Å². The van der Waals surface area contributed by atoms with Crippen molar-refractivity contribution in [3.63, 3.8) is 0 Å². The number of hydroxylamine groups is 2. The molecule has 6 heteroatoms. The summed E-state index contributed by atoms with van der Waals surface area (Å²) < 4.78 is 16.9. The maximum atomic E-state index is 12.3. The molecule has 0 bridgehead atoms. The van der Waals surface area contributed by atoms with Gasteiger partial charge in [0, 0.05) is 6.54 Å². The molecule has 1 saturated heterocycles. The zero-order chi connectivity index (χ0) is 18.7. The SMILES string of the molecule is CC(C)(C)OC(=O)CC([C@H]1COC(C)(C)O1)N(O)Cc1ccccc1. The van der Waals surface area contributed by atoms with Gasteiger partial charge in [-0.3, -0.25) is 4.79 Å². The maximum absolute atomic E-state index is 12.3. The van der Waals surface area contributed by atoms with E-state index < -0.39 is 23.5 Å². The van der Waals surface area contributed by atoms with Gasteiger partial charge >= 0.3 is 5.97 Å². The zero-order valence-corrected chi connectivity index (χ0v) is 15.7. The molecule has 1 fully saturated rings. The quantitative estimate of drug-likeness (QED) is 0.627. The Balaban J connectivity index is 2.09. The van der Waals surface area contributed by atoms with E-state index in [0.29, 0.717) is 6.61 Å². The molecule has 2 rings (SSSR count). The van der Waals surface area contributed by atoms with E-state index in [2.05, 4.69) is 0 Å². The van der Waals surface area contributed by atoms with E-state index in [0.717, 1.165) is 10.6 Å². The second-order valence-electron chi connectivity index (χ2n) is 7.81. The zero-order valence-electron chi connectivity index (χ0n) is 15.7. The molecule has 1 aromatic rings. The smallest absolute Gasteiger partial charge is 0.308 e. The summed E-state index contributed by atoms with van der Waals surface area (Å²) in [5.74, 6) is -1.11. The van der Waals surface area contributed by atoms with Crippen LogP contribution in [0.4, 0.5) is 0 Å². The van der Waals surface area contributed by atoms with Crippen molar-refractivity contribution in [3.05, 3.63) is 35.9 Å². The summed E-state index contributed by atoms with van der Waals surface area (Å²) in [5, 5.41) is 11.8. The molecule has 1 aliphatic heterocycles. The van der Waals surface area contributed by atoms with Crippen molar-refractivity contribution in [1.29, 1.82) is 0 Å². The molecule has 0 aliphatic carbocycles. The van der Waals surface area contributed by atoms with Crippen molar-refractivity contribution in [2.45, 2.75) is 71.1 Å². The third-order valence-corrected chi connectivity index (χ3v) is 3.83. The van der Waals surface area contributed by atoms with Gasteiger partial charge < -0.3 is 19.4 Å². The third-order valence-electron chi connectivity index (χ3n) is 3.83. The van der Waals surface area contributed by atoms with Crippen LogP contribution < -0.4 is 0 Å². The van der Waals surface area contributed by atoms with Crippen molar-refractivity contribution in [3.8, 4) is 0 Å². The third kappa shape index (κ3) is 6.40. The summed E-state index contributed by atoms with van der Waals surface area (Å²) in [6.45, 7) is 9.68. The molecule has 6 nitrogen and oxygen atoms in total. The number of hydrogen-bond donors (Lipinski definition) is 1. The Labute approximate surface area is 149 Å². The van der Waals surface area contributed by atoms with E-state index in [1.165, 1.54) is 0 Å². The summed E-state index contributed by atoms with van der Waals surface area (Å²) in [6.07, 6.45) is -0.402. The molecule has 0 amide bonds. The molecular formula is C19H29NO5. The Morgan fingerprint density at radius 1 is 1.36 bits per heavy atom. The predicted molar refractivity (Wildman–Crippen MR) is 92.9 cm³/mol. The van der Waals surface area contributed by atoms with Gasteiger partial charge in [0.25, 0.3) is 0 Å². The summed E-state index contributed by atoms with van der Waals surface area (Å²) in [6, 6.07) is 9.01. The van der Waals surface area contributed by atoms with Crippen LogP contribution in [0.25, 0.3) is 0 Å². The van der Waals surface area contributed by atoms with E-state index in [9.17, 15) is 10.0 Å². The fourth-order valence-corrected chi connectivity index (χ4v) is 2.78. The number of esters is 1. The monoisotopic (exact) mass is 351 g/mol. The number of ether oxygens (including phenoxy) is 3. The topological polar surface area (TPSA) is 68.2 Å². The number of benzene rings is 1. The van der Waals surface area contributed by atoms with Gasteiger partial charge in [0.05, 0.1) is 19.1 Å². The number of nitrogens with zero attached hydrogens (tertiary/aromatic N) is 1. The molecule has 0 radical (unpaired) electrons. The molecule has 1 aromatic carbocycles. The molecule has 0 saturated carbocycles. The lowest BCUT2D eigenvalue weighted by molar-refractivity contribution is -0.197. The average Bonchev–Trinajstić information content (AvgIpc) is 2.84. The molecule has 1 aliphatic rings. The first kappa shape index (κ1) is 19.8. The van der Waals surface area contributed by atoms with Crippen LogP contribution in [0.5, 0.6) is 0 Å². The van der Waals surface area contributed by atoms with E-state index >= 15 is 0 Å². The molecule has 1 heterocycles. The standard InChI is InChI=1S/C19H29NO5/c1-18(2,3)25-17(21)11-15(16-13-23-19(4,5)24-16)20(22)12-14-9-7-6-8-10-14/h6-10,15-16,22H,11-13H2,1-5H3/t15?,16-/m1/s1. The van der Waals surface area contributed by atoms with Crippen LogP contribution in [-0.2, 0) is 25.5 Å². The highest BCUT2D eigenvalue weighted by Crippen LogP contribution is 2.28. The molecular weight excluding hydrogens is 322 g/mol. The van der Waals surface area contributed by atoms with Crippen molar-refractivity contribution in [1.82, 2.24) is 5.06 Å². The van der Waals surface area contributed by atoms with Crippen molar-refractivity contribution in [2.24, 2.45) is 0 Å². The van der Waals surface area contributed by atoms with Crippen LogP contribution in [-0.4, -0.2) is 46.4 Å². The number of carbonyl (C=O) groups excluding carboxylic acids is 1. The first-order valence-corrected chi connectivity index (χ1v) is 8.59. The van der Waals surface area contributed by atoms with Crippen LogP contribution in [0.3, 0.4) is 0 Å². The second kappa shape index (κ2) is 7.83. The predicted octanol–water partition coefficient (Wildman–Crippen LogP) is 3.13. The largest absolute Gasteiger partial charge is 0.460 e. The lowest BCUT2D eigenvalue weighted by Crippen LogP contribution is -2.45. The van der Waals surface area contributed by atoms with Crippen LogP contribution in [0.1, 0.15) is 46.6 Å². The Kier molecular flexibility index (Phi) is 6.21. The van der Waals surface area contributed by atoms with Gasteiger partial charge in [0.1, 0.15) is 11.7 Å². The van der Waals surface area contributed by atoms with E-state index in [-0.39, 0.29) is 18.9 Å². The average molecular weight is 351 g/mol. The second-order valence-corrected chi connectivity index (χ2v) is 7.81. The van der Waals surface area contributed by atoms with Gasteiger partial charge in [0.15, 0.2) is 5.79 Å². The van der Waals surface area contributed by atoms with Crippen molar-refractivity contribution >= 4 is 5.97 Å². The van der Waals surface area contributed by atoms with Gasteiger partial charge in [-0.2, -0.15) is 5.06 Å². The lowest BCUT2D eigenvalue weighted by Gasteiger charge is -2.31. The molecule has 1 unspecified atom stereocenters. The fourth-order valence-electron chi connectivity index (χ4n) is 2.78. The molecule has 0 spiro atoms. The van der Waals surface area contributed by atoms with Crippen molar-refractivity contribution in [2.75, 3.05) is 6.61 Å². The Bertz CT molecular complexity index is 567. The Morgan fingerprint density at radius 2 is 2.00 bits per heavy atom. The van der Waals surface area contributed by atoms with E-state index in [1.807, 2.05) is 65.0 Å². The van der Waals surface area contributed by atoms with Crippen LogP contribution in [0.15, 0.2) is 30.3 Å². The highest BCUT2D eigenvalue weighted by atomic mass is 16.7. The lowest BCUT2D eigenvalue weighted by atomic mass is 10.1. The molecule has 1 N–H and O–H groups in total. The first-order valence-electron chi connectivity index (χ1n) is 8.59. The maximum Gasteiger partial charge on any atom is 0.308 e. The van der Waals surface area contributed by atoms with Crippen LogP contribution >= 0.6 is 0 Å². The fraction of sp³-hybridized carbons (Fsp3) is 0.632. The van der Waals surface area contributed by atoms with Gasteiger partial charge in [-0.25, -0.2) is 0 Å². The summed E-state index contributed by atoms with van der Waals surface area (Å²) in [4.78, 5) is 12.3. The number of carbonyl (C=O) groups is 1. The molecule has 140 valence electrons. The molecule has 0 aromatic heterocycles. The van der Waals surface area contributed by atoms with E-state index in [4.69, 9.17) is 14.2 Å². The minimum absolute atomic E-state index is 0.0186. The Hall–Kier alpha value is -1.47. The minimum Gasteiger partial charge on any atom is -0.460 e. The normalized spacial score (nSPS) is 21.3. The number of hydrogen-bond acceptors (Lipinski definition) is 6. The van der Waals surface area contributed by atoms with Gasteiger partial charge in [-0.1, -0.05) is 30.3 Å². The van der Waals surface area contributed by atoms with Gasteiger partial charge in [-0.15, -0.1) is 0 Å². The highest BCUT2D eigenvalue weighted by molar-refractivity contribution is 5.70. The van der Waals surface area contributed by atoms with Gasteiger partial charge in [0.2, 0.25) is 0 Å². The number of rotatable bonds is 6. The molecule has 25 heavy (non-hydrogen) atoms. The summed E-state index contributed by atoms with van der Waals surface area (Å²) in [5.41, 5.74) is 0.366. The van der Waals surface area contributed by atoms with Gasteiger partial charge in [-0.05, 0) is 40.2 Å². The minimum atomic E-state index is -0.732. The highest BCUT2D eigenvalue weighted by Gasteiger charge is 2.41. The van der Waals surface area contributed by atoms with Crippen molar-refractivity contribution < 1.29 is 24.2 Å². The first-order chi connectivity index (χ1) is 11.6.